The molecule has 0 aliphatic heterocycles. The summed E-state index contributed by atoms with van der Waals surface area (Å²) >= 11 is 0. The van der Waals surface area contributed by atoms with E-state index < -0.39 is 4.92 Å². The van der Waals surface area contributed by atoms with E-state index in [0.29, 0.717) is 30.3 Å². The van der Waals surface area contributed by atoms with Crippen molar-refractivity contribution < 1.29 is 14.4 Å². The average molecular weight is 400 g/mol. The summed E-state index contributed by atoms with van der Waals surface area (Å²) in [6, 6.07) is 23.5. The number of ether oxygens (including phenoxy) is 2. The minimum absolute atomic E-state index is 0.376. The lowest BCUT2D eigenvalue weighted by atomic mass is 10.1. The van der Waals surface area contributed by atoms with Gasteiger partial charge < -0.3 is 14.5 Å². The first-order valence-electron chi connectivity index (χ1n) is 9.50. The van der Waals surface area contributed by atoms with Crippen LogP contribution >= 0.6 is 0 Å². The molecular weight excluding hydrogens is 380 g/mol. The summed E-state index contributed by atoms with van der Waals surface area (Å²) < 4.78 is 12.2. The van der Waals surface area contributed by atoms with E-state index >= 15 is 0 Å². The fraction of sp³-hybridized carbons (Fsp3) is 0.0833. The number of H-pyrrole nitrogens is 1. The Morgan fingerprint density at radius 2 is 1.50 bits per heavy atom. The third-order valence-corrected chi connectivity index (χ3v) is 4.64. The van der Waals surface area contributed by atoms with E-state index in [2.05, 4.69) is 4.98 Å². The van der Waals surface area contributed by atoms with E-state index in [1.807, 2.05) is 72.8 Å². The van der Waals surface area contributed by atoms with Crippen LogP contribution in [0, 0.1) is 10.1 Å². The van der Waals surface area contributed by atoms with Gasteiger partial charge in [-0.15, -0.1) is 0 Å². The Labute approximate surface area is 173 Å². The predicted molar refractivity (Wildman–Crippen MR) is 116 cm³/mol. The van der Waals surface area contributed by atoms with E-state index in [9.17, 15) is 10.1 Å². The molecule has 0 spiro atoms. The molecule has 0 bridgehead atoms. The third-order valence-electron chi connectivity index (χ3n) is 4.64. The van der Waals surface area contributed by atoms with Crippen molar-refractivity contribution in [3.8, 4) is 11.5 Å². The highest BCUT2D eigenvalue weighted by molar-refractivity contribution is 5.94. The molecular formula is C24H20N2O4. The molecule has 150 valence electrons. The van der Waals surface area contributed by atoms with Crippen LogP contribution in [-0.2, 0) is 13.2 Å². The smallest absolute Gasteiger partial charge is 0.235 e. The van der Waals surface area contributed by atoms with E-state index in [-0.39, 0.29) is 0 Å². The Morgan fingerprint density at radius 3 is 2.13 bits per heavy atom. The lowest BCUT2D eigenvalue weighted by Crippen LogP contribution is -2.01. The van der Waals surface area contributed by atoms with Crippen LogP contribution in [0.3, 0.4) is 0 Å². The number of nitrogens with zero attached hydrogens (tertiary/aromatic N) is 1. The van der Waals surface area contributed by atoms with Gasteiger partial charge in [-0.25, -0.2) is 0 Å². The van der Waals surface area contributed by atoms with Crippen molar-refractivity contribution >= 4 is 17.0 Å². The Balaban J connectivity index is 1.67. The second-order valence-electron chi connectivity index (χ2n) is 6.71. The number of nitro groups is 1. The normalized spacial score (nSPS) is 11.1. The van der Waals surface area contributed by atoms with Gasteiger partial charge in [-0.3, -0.25) is 10.1 Å². The zero-order chi connectivity index (χ0) is 20.8. The van der Waals surface area contributed by atoms with E-state index in [1.54, 1.807) is 6.20 Å². The summed E-state index contributed by atoms with van der Waals surface area (Å²) in [4.78, 5) is 13.4. The first-order valence-corrected chi connectivity index (χ1v) is 9.50. The zero-order valence-corrected chi connectivity index (χ0v) is 16.2. The number of aromatic nitrogens is 1. The van der Waals surface area contributed by atoms with Crippen LogP contribution in [0.4, 0.5) is 0 Å². The standard InChI is InChI=1S/C24H20N2O4/c27-26(28)14-13-20-15-25-23-21(20)11-12-22(29-16-18-7-3-1-4-8-18)24(23)30-17-19-9-5-2-6-10-19/h1-15,25H,16-17H2/b14-13+. The topological polar surface area (TPSA) is 77.4 Å². The molecule has 1 heterocycles. The Morgan fingerprint density at radius 1 is 0.867 bits per heavy atom. The van der Waals surface area contributed by atoms with Gasteiger partial charge in [0.2, 0.25) is 6.20 Å². The molecule has 0 atom stereocenters. The lowest BCUT2D eigenvalue weighted by Gasteiger charge is -2.14. The summed E-state index contributed by atoms with van der Waals surface area (Å²) in [5.41, 5.74) is 3.52. The maximum Gasteiger partial charge on any atom is 0.235 e. The zero-order valence-electron chi connectivity index (χ0n) is 16.2. The molecule has 0 unspecified atom stereocenters. The van der Waals surface area contributed by atoms with Gasteiger partial charge in [-0.05, 0) is 23.3 Å². The van der Waals surface area contributed by atoms with Crippen molar-refractivity contribution in [3.05, 3.63) is 112 Å². The van der Waals surface area contributed by atoms with Crippen LogP contribution in [0.1, 0.15) is 16.7 Å². The average Bonchev–Trinajstić information content (AvgIpc) is 3.19. The van der Waals surface area contributed by atoms with Crippen LogP contribution < -0.4 is 9.47 Å². The first kappa shape index (κ1) is 19.3. The Kier molecular flexibility index (Phi) is 5.75. The fourth-order valence-corrected chi connectivity index (χ4v) is 3.18. The quantitative estimate of drug-likeness (QED) is 0.310. The van der Waals surface area contributed by atoms with E-state index in [4.69, 9.17) is 9.47 Å². The van der Waals surface area contributed by atoms with Crippen molar-refractivity contribution in [2.75, 3.05) is 0 Å². The summed E-state index contributed by atoms with van der Waals surface area (Å²) in [5.74, 6) is 1.18. The highest BCUT2D eigenvalue weighted by Crippen LogP contribution is 2.38. The number of rotatable bonds is 8. The van der Waals surface area contributed by atoms with Crippen molar-refractivity contribution in [1.82, 2.24) is 4.98 Å². The van der Waals surface area contributed by atoms with Gasteiger partial charge in [-0.1, -0.05) is 60.7 Å². The molecule has 0 aliphatic rings. The number of fused-ring (bicyclic) bond motifs is 1. The van der Waals surface area contributed by atoms with Gasteiger partial charge in [0.1, 0.15) is 13.2 Å². The molecule has 0 aliphatic carbocycles. The van der Waals surface area contributed by atoms with E-state index in [0.717, 1.165) is 28.2 Å². The van der Waals surface area contributed by atoms with Crippen LogP contribution in [-0.4, -0.2) is 9.91 Å². The highest BCUT2D eigenvalue weighted by Gasteiger charge is 2.15. The predicted octanol–water partition coefficient (Wildman–Crippen LogP) is 5.57. The minimum atomic E-state index is -0.483. The molecule has 1 aromatic heterocycles. The molecule has 0 fully saturated rings. The molecule has 0 amide bonds. The van der Waals surface area contributed by atoms with E-state index in [1.165, 1.54) is 6.08 Å². The SMILES string of the molecule is O=[N+]([O-])/C=C/c1c[nH]c2c(OCc3ccccc3)c(OCc3ccccc3)ccc12. The number of aromatic amines is 1. The van der Waals surface area contributed by atoms with Crippen molar-refractivity contribution in [3.63, 3.8) is 0 Å². The molecule has 0 radical (unpaired) electrons. The second kappa shape index (κ2) is 8.96. The van der Waals surface area contributed by atoms with Crippen molar-refractivity contribution in [2.45, 2.75) is 13.2 Å². The fourth-order valence-electron chi connectivity index (χ4n) is 3.18. The molecule has 0 saturated heterocycles. The number of nitrogens with one attached hydrogen (secondary N) is 1. The largest absolute Gasteiger partial charge is 0.485 e. The molecule has 30 heavy (non-hydrogen) atoms. The molecule has 6 heteroatoms. The second-order valence-corrected chi connectivity index (χ2v) is 6.71. The van der Waals surface area contributed by atoms with Gasteiger partial charge in [0.05, 0.1) is 10.4 Å². The molecule has 3 aromatic carbocycles. The highest BCUT2D eigenvalue weighted by atomic mass is 16.6. The molecule has 0 saturated carbocycles. The summed E-state index contributed by atoms with van der Waals surface area (Å²) in [6.45, 7) is 0.781. The van der Waals surface area contributed by atoms with Gasteiger partial charge in [0.25, 0.3) is 0 Å². The molecule has 4 aromatic rings. The van der Waals surface area contributed by atoms with Crippen LogP contribution in [0.5, 0.6) is 11.5 Å². The molecule has 6 nitrogen and oxygen atoms in total. The summed E-state index contributed by atoms with van der Waals surface area (Å²) in [5, 5.41) is 11.5. The van der Waals surface area contributed by atoms with Gasteiger partial charge in [0.15, 0.2) is 11.5 Å². The van der Waals surface area contributed by atoms with Crippen molar-refractivity contribution in [1.29, 1.82) is 0 Å². The molecule has 4 rings (SSSR count). The summed E-state index contributed by atoms with van der Waals surface area (Å²) in [6.07, 6.45) is 4.11. The van der Waals surface area contributed by atoms with Gasteiger partial charge in [0, 0.05) is 23.2 Å². The third kappa shape index (κ3) is 4.50. The number of benzene rings is 3. The first-order chi connectivity index (χ1) is 14.7. The van der Waals surface area contributed by atoms with Crippen LogP contribution in [0.25, 0.3) is 17.0 Å². The van der Waals surface area contributed by atoms with Crippen LogP contribution in [0.2, 0.25) is 0 Å². The maximum atomic E-state index is 10.7. The maximum absolute atomic E-state index is 10.7. The van der Waals surface area contributed by atoms with Gasteiger partial charge in [-0.2, -0.15) is 0 Å². The minimum Gasteiger partial charge on any atom is -0.485 e. The number of hydrogen-bond donors (Lipinski definition) is 1. The Bertz CT molecular complexity index is 1170. The Hall–Kier alpha value is -4.06. The number of hydrogen-bond acceptors (Lipinski definition) is 4. The lowest BCUT2D eigenvalue weighted by molar-refractivity contribution is -0.400. The monoisotopic (exact) mass is 400 g/mol. The van der Waals surface area contributed by atoms with Crippen molar-refractivity contribution in [2.24, 2.45) is 0 Å². The van der Waals surface area contributed by atoms with Gasteiger partial charge >= 0.3 is 0 Å². The van der Waals surface area contributed by atoms with Crippen LogP contribution in [0.15, 0.2) is 85.2 Å². The summed E-state index contributed by atoms with van der Waals surface area (Å²) in [7, 11) is 0. The molecule has 1 N–H and O–H groups in total.